The molecule has 1 nitrogen and oxygen atoms in total. The van der Waals surface area contributed by atoms with Gasteiger partial charge < -0.3 is 0 Å². The van der Waals surface area contributed by atoms with Gasteiger partial charge in [0.05, 0.1) is 0 Å². The lowest BCUT2D eigenvalue weighted by Crippen LogP contribution is -2.35. The van der Waals surface area contributed by atoms with Crippen molar-refractivity contribution in [1.82, 2.24) is 0 Å². The summed E-state index contributed by atoms with van der Waals surface area (Å²) in [6.45, 7) is 14.0. The molecule has 4 fully saturated rings. The van der Waals surface area contributed by atoms with Gasteiger partial charge in [0.1, 0.15) is 0 Å². The second kappa shape index (κ2) is 8.64. The standard InChI is InChI=1S/C29H42O/c1-19-17-21(3)22(4)25(18-19)12-9-23-7-6-16-29(5)26(13-14-27(23)29)20(2)8-15-28(30)24-10-11-24/h8-9,12,15,19-21,24,26-27H,4,6-7,10-11,13-14,16-18H2,1-3,5H3/b15-8+,23-9+,25-12+/t19-,20+,21-,26-,27-,29+/m0/s1. The maximum atomic E-state index is 12.1. The van der Waals surface area contributed by atoms with Crippen molar-refractivity contribution < 1.29 is 4.79 Å². The molecule has 4 saturated carbocycles. The molecule has 0 aromatic carbocycles. The monoisotopic (exact) mass is 406 g/mol. The Balaban J connectivity index is 1.49. The third kappa shape index (κ3) is 4.32. The molecule has 4 aliphatic rings. The van der Waals surface area contributed by atoms with Gasteiger partial charge in [0.15, 0.2) is 5.78 Å². The van der Waals surface area contributed by atoms with Crippen LogP contribution in [0, 0.1) is 40.9 Å². The number of hydrogen-bond acceptors (Lipinski definition) is 1. The molecule has 0 N–H and O–H groups in total. The highest BCUT2D eigenvalue weighted by Crippen LogP contribution is 2.59. The van der Waals surface area contributed by atoms with Gasteiger partial charge in [-0.15, -0.1) is 0 Å². The Bertz CT molecular complexity index is 776. The first kappa shape index (κ1) is 21.8. The Labute approximate surface area is 184 Å². The van der Waals surface area contributed by atoms with E-state index >= 15 is 0 Å². The van der Waals surface area contributed by atoms with Gasteiger partial charge in [0, 0.05) is 5.92 Å². The number of allylic oxidation sites excluding steroid dienone is 7. The van der Waals surface area contributed by atoms with Crippen LogP contribution in [-0.2, 0) is 4.79 Å². The molecule has 4 aliphatic carbocycles. The van der Waals surface area contributed by atoms with E-state index in [-0.39, 0.29) is 0 Å². The zero-order chi connectivity index (χ0) is 21.5. The quantitative estimate of drug-likeness (QED) is 0.425. The molecule has 6 atom stereocenters. The number of rotatable bonds is 5. The van der Waals surface area contributed by atoms with E-state index in [0.717, 1.165) is 24.7 Å². The van der Waals surface area contributed by atoms with Crippen LogP contribution in [0.1, 0.15) is 85.5 Å². The summed E-state index contributed by atoms with van der Waals surface area (Å²) in [5.74, 6) is 4.03. The van der Waals surface area contributed by atoms with Gasteiger partial charge in [-0.05, 0) is 110 Å². The van der Waals surface area contributed by atoms with Crippen LogP contribution >= 0.6 is 0 Å². The summed E-state index contributed by atoms with van der Waals surface area (Å²) < 4.78 is 0. The molecule has 0 aromatic heterocycles. The van der Waals surface area contributed by atoms with Crippen LogP contribution < -0.4 is 0 Å². The van der Waals surface area contributed by atoms with Crippen molar-refractivity contribution in [3.63, 3.8) is 0 Å². The van der Waals surface area contributed by atoms with Crippen LogP contribution in [0.3, 0.4) is 0 Å². The number of hydrogen-bond donors (Lipinski definition) is 0. The van der Waals surface area contributed by atoms with Crippen molar-refractivity contribution >= 4 is 5.78 Å². The zero-order valence-corrected chi connectivity index (χ0v) is 19.8. The minimum Gasteiger partial charge on any atom is -0.295 e. The Kier molecular flexibility index (Phi) is 6.29. The highest BCUT2D eigenvalue weighted by atomic mass is 16.1. The minimum atomic E-state index is 0.345. The van der Waals surface area contributed by atoms with E-state index < -0.39 is 0 Å². The number of fused-ring (bicyclic) bond motifs is 1. The van der Waals surface area contributed by atoms with Crippen molar-refractivity contribution in [1.29, 1.82) is 0 Å². The fourth-order valence-corrected chi connectivity index (χ4v) is 7.06. The molecule has 0 radical (unpaired) electrons. The number of carbonyl (C=O) groups excluding carboxylic acids is 1. The summed E-state index contributed by atoms with van der Waals surface area (Å²) in [6, 6.07) is 0. The third-order valence-electron chi connectivity index (χ3n) is 9.05. The Morgan fingerprint density at radius 3 is 2.67 bits per heavy atom. The van der Waals surface area contributed by atoms with Crippen LogP contribution in [-0.4, -0.2) is 5.78 Å². The van der Waals surface area contributed by atoms with E-state index in [0.29, 0.717) is 34.9 Å². The van der Waals surface area contributed by atoms with Gasteiger partial charge in [0.25, 0.3) is 0 Å². The second-order valence-electron chi connectivity index (χ2n) is 11.4. The Morgan fingerprint density at radius 2 is 1.93 bits per heavy atom. The topological polar surface area (TPSA) is 17.1 Å². The van der Waals surface area contributed by atoms with Crippen molar-refractivity contribution in [3.05, 3.63) is 47.6 Å². The van der Waals surface area contributed by atoms with Gasteiger partial charge in [-0.25, -0.2) is 0 Å². The van der Waals surface area contributed by atoms with Crippen molar-refractivity contribution in [2.24, 2.45) is 40.9 Å². The molecule has 0 amide bonds. The average Bonchev–Trinajstić information content (AvgIpc) is 3.49. The smallest absolute Gasteiger partial charge is 0.158 e. The van der Waals surface area contributed by atoms with Crippen LogP contribution in [0.25, 0.3) is 0 Å². The lowest BCUT2D eigenvalue weighted by atomic mass is 9.61. The number of ketones is 1. The second-order valence-corrected chi connectivity index (χ2v) is 11.4. The molecule has 0 aromatic rings. The van der Waals surface area contributed by atoms with Gasteiger partial charge in [-0.1, -0.05) is 58.1 Å². The molecule has 0 aliphatic heterocycles. The van der Waals surface area contributed by atoms with Gasteiger partial charge >= 0.3 is 0 Å². The molecular formula is C29H42O. The van der Waals surface area contributed by atoms with E-state index in [1.807, 2.05) is 6.08 Å². The van der Waals surface area contributed by atoms with Crippen molar-refractivity contribution in [2.75, 3.05) is 0 Å². The maximum absolute atomic E-state index is 12.1. The van der Waals surface area contributed by atoms with Crippen molar-refractivity contribution in [3.8, 4) is 0 Å². The molecule has 0 saturated heterocycles. The Hall–Kier alpha value is -1.37. The summed E-state index contributed by atoms with van der Waals surface area (Å²) in [4.78, 5) is 12.1. The zero-order valence-electron chi connectivity index (χ0n) is 19.8. The van der Waals surface area contributed by atoms with E-state index in [4.69, 9.17) is 0 Å². The first-order valence-corrected chi connectivity index (χ1v) is 12.6. The number of carbonyl (C=O) groups is 1. The van der Waals surface area contributed by atoms with E-state index in [2.05, 4.69) is 52.5 Å². The molecule has 0 spiro atoms. The molecular weight excluding hydrogens is 364 g/mol. The molecule has 0 heterocycles. The first-order valence-electron chi connectivity index (χ1n) is 12.6. The fraction of sp³-hybridized carbons (Fsp3) is 0.690. The van der Waals surface area contributed by atoms with Crippen LogP contribution in [0.5, 0.6) is 0 Å². The fourth-order valence-electron chi connectivity index (χ4n) is 7.06. The minimum absolute atomic E-state index is 0.345. The van der Waals surface area contributed by atoms with Gasteiger partial charge in [-0.2, -0.15) is 0 Å². The van der Waals surface area contributed by atoms with E-state index in [1.54, 1.807) is 5.57 Å². The van der Waals surface area contributed by atoms with Crippen molar-refractivity contribution in [2.45, 2.75) is 85.5 Å². The summed E-state index contributed by atoms with van der Waals surface area (Å²) in [5, 5.41) is 0. The maximum Gasteiger partial charge on any atom is 0.158 e. The third-order valence-corrected chi connectivity index (χ3v) is 9.05. The summed E-state index contributed by atoms with van der Waals surface area (Å²) in [5.41, 5.74) is 4.93. The summed E-state index contributed by atoms with van der Waals surface area (Å²) in [7, 11) is 0. The molecule has 164 valence electrons. The van der Waals surface area contributed by atoms with E-state index in [9.17, 15) is 4.79 Å². The highest BCUT2D eigenvalue weighted by Gasteiger charge is 2.50. The molecule has 4 rings (SSSR count). The molecule has 1 heteroatoms. The average molecular weight is 407 g/mol. The van der Waals surface area contributed by atoms with Crippen LogP contribution in [0.15, 0.2) is 47.6 Å². The lowest BCUT2D eigenvalue weighted by molar-refractivity contribution is -0.115. The normalized spacial score (nSPS) is 40.9. The van der Waals surface area contributed by atoms with Crippen LogP contribution in [0.4, 0.5) is 0 Å². The highest BCUT2D eigenvalue weighted by molar-refractivity contribution is 5.93. The molecule has 30 heavy (non-hydrogen) atoms. The molecule has 0 unspecified atom stereocenters. The van der Waals surface area contributed by atoms with Gasteiger partial charge in [-0.3, -0.25) is 4.79 Å². The summed E-state index contributed by atoms with van der Waals surface area (Å²) in [6.07, 6.45) is 20.3. The lowest BCUT2D eigenvalue weighted by Gasteiger charge is -2.44. The van der Waals surface area contributed by atoms with Crippen LogP contribution in [0.2, 0.25) is 0 Å². The SMILES string of the molecule is C=C1/C(=C/C=C2\CCC[C@@]3(C)[C@H]2CC[C@H]3[C@H](C)/C=C/C(=O)C2CC2)C[C@@H](C)C[C@@H]1C. The first-order chi connectivity index (χ1) is 14.3. The van der Waals surface area contributed by atoms with Gasteiger partial charge in [0.2, 0.25) is 0 Å². The van der Waals surface area contributed by atoms with E-state index in [1.165, 1.54) is 56.1 Å². The predicted octanol–water partition coefficient (Wildman–Crippen LogP) is 7.85. The Morgan fingerprint density at radius 1 is 1.17 bits per heavy atom. The largest absolute Gasteiger partial charge is 0.295 e. The summed E-state index contributed by atoms with van der Waals surface area (Å²) >= 11 is 0. The molecule has 0 bridgehead atoms. The predicted molar refractivity (Wildman–Crippen MR) is 127 cm³/mol.